The molecule has 1 heterocycles. The molecule has 4 aliphatic carbocycles. The van der Waals surface area contributed by atoms with Gasteiger partial charge in [-0.3, -0.25) is 4.18 Å². The summed E-state index contributed by atoms with van der Waals surface area (Å²) in [6.07, 6.45) is 4.59. The molecule has 0 N–H and O–H groups in total. The molecule has 0 unspecified atom stereocenters. The van der Waals surface area contributed by atoms with Crippen molar-refractivity contribution in [1.82, 2.24) is 0 Å². The van der Waals surface area contributed by atoms with Crippen LogP contribution in [0.15, 0.2) is 0 Å². The van der Waals surface area contributed by atoms with E-state index in [4.69, 9.17) is 4.18 Å². The maximum Gasteiger partial charge on any atom is 0.264 e. The third-order valence-electron chi connectivity index (χ3n) is 7.69. The van der Waals surface area contributed by atoms with Gasteiger partial charge in [-0.05, 0) is 48.3 Å². The van der Waals surface area contributed by atoms with Crippen molar-refractivity contribution in [1.29, 1.82) is 0 Å². The lowest BCUT2D eigenvalue weighted by Gasteiger charge is -2.61. The Labute approximate surface area is 155 Å². The molecule has 6 heteroatoms. The molecule has 5 fully saturated rings. The van der Waals surface area contributed by atoms with Gasteiger partial charge in [0, 0.05) is 16.9 Å². The molecule has 5 rings (SSSR count). The van der Waals surface area contributed by atoms with E-state index in [1.165, 1.54) is 24.2 Å². The van der Waals surface area contributed by atoms with Gasteiger partial charge in [-0.25, -0.2) is 0 Å². The molecular formula is C18H30O3S3. The summed E-state index contributed by atoms with van der Waals surface area (Å²) in [4.78, 5) is 0. The van der Waals surface area contributed by atoms with Gasteiger partial charge in [0.1, 0.15) is 0 Å². The summed E-state index contributed by atoms with van der Waals surface area (Å²) in [5, 5.41) is 0. The molecule has 0 aromatic heterocycles. The smallest absolute Gasteiger partial charge is 0.264 e. The fraction of sp³-hybridized carbons (Fsp3) is 1.00. The number of hydrogen-bond donors (Lipinski definition) is 0. The molecule has 138 valence electrons. The van der Waals surface area contributed by atoms with Crippen LogP contribution in [0.1, 0.15) is 47.0 Å². The molecule has 0 aromatic rings. The van der Waals surface area contributed by atoms with Crippen molar-refractivity contribution < 1.29 is 12.6 Å². The number of hydrogen-bond acceptors (Lipinski definition) is 5. The molecule has 5 aliphatic rings. The van der Waals surface area contributed by atoms with E-state index in [0.29, 0.717) is 29.1 Å². The van der Waals surface area contributed by atoms with Crippen molar-refractivity contribution >= 4 is 33.6 Å². The number of fused-ring (bicyclic) bond motifs is 1. The van der Waals surface area contributed by atoms with Crippen molar-refractivity contribution in [3.63, 3.8) is 0 Å². The highest BCUT2D eigenvalue weighted by Crippen LogP contribution is 2.80. The predicted molar refractivity (Wildman–Crippen MR) is 103 cm³/mol. The summed E-state index contributed by atoms with van der Waals surface area (Å²) in [5.41, 5.74) is 0.317. The van der Waals surface area contributed by atoms with Crippen molar-refractivity contribution in [3.05, 3.63) is 0 Å². The molecule has 1 aliphatic heterocycles. The van der Waals surface area contributed by atoms with Crippen LogP contribution in [0.4, 0.5) is 0 Å². The Morgan fingerprint density at radius 1 is 1.17 bits per heavy atom. The summed E-state index contributed by atoms with van der Waals surface area (Å²) in [7, 11) is -3.43. The molecule has 1 spiro atoms. The molecule has 1 saturated heterocycles. The van der Waals surface area contributed by atoms with Gasteiger partial charge in [-0.2, -0.15) is 8.42 Å². The first-order valence-electron chi connectivity index (χ1n) is 9.19. The minimum absolute atomic E-state index is 0.00350. The van der Waals surface area contributed by atoms with E-state index in [9.17, 15) is 8.42 Å². The lowest BCUT2D eigenvalue weighted by atomic mass is 9.46. The van der Waals surface area contributed by atoms with Crippen LogP contribution in [0.3, 0.4) is 0 Å². The Hall–Kier alpha value is 0.610. The Kier molecular flexibility index (Phi) is 3.99. The fourth-order valence-electron chi connectivity index (χ4n) is 6.88. The molecule has 0 amide bonds. The fourth-order valence-corrected chi connectivity index (χ4v) is 11.7. The van der Waals surface area contributed by atoms with Crippen LogP contribution < -0.4 is 0 Å². The van der Waals surface area contributed by atoms with E-state index in [1.54, 1.807) is 0 Å². The van der Waals surface area contributed by atoms with Crippen LogP contribution in [0.25, 0.3) is 0 Å². The second-order valence-electron chi connectivity index (χ2n) is 9.33. The van der Waals surface area contributed by atoms with Gasteiger partial charge in [-0.1, -0.05) is 27.7 Å². The molecular weight excluding hydrogens is 360 g/mol. The summed E-state index contributed by atoms with van der Waals surface area (Å²) < 4.78 is 30.2. The van der Waals surface area contributed by atoms with Crippen LogP contribution in [0.2, 0.25) is 0 Å². The average molecular weight is 391 g/mol. The third-order valence-corrected chi connectivity index (χ3v) is 12.2. The second kappa shape index (κ2) is 5.32. The van der Waals surface area contributed by atoms with Gasteiger partial charge in [-0.15, -0.1) is 23.5 Å². The van der Waals surface area contributed by atoms with Crippen molar-refractivity contribution in [3.8, 4) is 0 Å². The number of rotatable bonds is 3. The van der Waals surface area contributed by atoms with Gasteiger partial charge in [0.2, 0.25) is 0 Å². The van der Waals surface area contributed by atoms with E-state index in [-0.39, 0.29) is 15.6 Å². The first-order chi connectivity index (χ1) is 11.0. The van der Waals surface area contributed by atoms with Crippen LogP contribution in [-0.4, -0.2) is 36.4 Å². The lowest BCUT2D eigenvalue weighted by molar-refractivity contribution is -0.159. The van der Waals surface area contributed by atoms with Crippen LogP contribution >= 0.6 is 23.5 Å². The van der Waals surface area contributed by atoms with Gasteiger partial charge >= 0.3 is 0 Å². The van der Waals surface area contributed by atoms with E-state index in [1.807, 2.05) is 0 Å². The summed E-state index contributed by atoms with van der Waals surface area (Å²) in [6.45, 7) is 9.44. The topological polar surface area (TPSA) is 43.4 Å². The Balaban J connectivity index is 1.81. The zero-order valence-electron chi connectivity index (χ0n) is 15.4. The molecule has 0 aromatic carbocycles. The maximum atomic E-state index is 12.0. The SMILES string of the molecule is CC(C)[C@@H]1C[C@H]2[C@]3(C)CC4(SCCS4)[C@@]2(C)C[C@H]1[C@@H]3OS(C)(=O)=O. The molecule has 24 heavy (non-hydrogen) atoms. The lowest BCUT2D eigenvalue weighted by Crippen LogP contribution is -2.60. The number of thioether (sulfide) groups is 2. The second-order valence-corrected chi connectivity index (χ2v) is 14.0. The van der Waals surface area contributed by atoms with E-state index >= 15 is 0 Å². The van der Waals surface area contributed by atoms with Crippen molar-refractivity contribution in [2.75, 3.05) is 17.8 Å². The molecule has 4 bridgehead atoms. The van der Waals surface area contributed by atoms with Crippen LogP contribution in [0, 0.1) is 34.5 Å². The Morgan fingerprint density at radius 2 is 1.79 bits per heavy atom. The minimum atomic E-state index is -3.43. The quantitative estimate of drug-likeness (QED) is 0.675. The zero-order valence-corrected chi connectivity index (χ0v) is 17.8. The van der Waals surface area contributed by atoms with Gasteiger partial charge in [0.25, 0.3) is 10.1 Å². The van der Waals surface area contributed by atoms with E-state index in [2.05, 4.69) is 51.2 Å². The first-order valence-corrected chi connectivity index (χ1v) is 13.0. The summed E-state index contributed by atoms with van der Waals surface area (Å²) >= 11 is 4.31. The third kappa shape index (κ3) is 2.24. The zero-order chi connectivity index (χ0) is 17.5. The molecule has 3 nitrogen and oxygen atoms in total. The summed E-state index contributed by atoms with van der Waals surface area (Å²) in [5.74, 6) is 4.61. The largest absolute Gasteiger partial charge is 0.266 e. The highest BCUT2D eigenvalue weighted by molar-refractivity contribution is 8.21. The van der Waals surface area contributed by atoms with Crippen molar-refractivity contribution in [2.24, 2.45) is 34.5 Å². The molecule has 0 radical (unpaired) electrons. The highest BCUT2D eigenvalue weighted by atomic mass is 32.2. The van der Waals surface area contributed by atoms with E-state index in [0.717, 1.165) is 12.8 Å². The normalized spacial score (nSPS) is 49.4. The Bertz CT molecular complexity index is 640. The van der Waals surface area contributed by atoms with Gasteiger partial charge in [0.05, 0.1) is 16.4 Å². The van der Waals surface area contributed by atoms with Crippen molar-refractivity contribution in [2.45, 2.75) is 57.1 Å². The van der Waals surface area contributed by atoms with Crippen LogP contribution in [0.5, 0.6) is 0 Å². The minimum Gasteiger partial charge on any atom is -0.266 e. The first kappa shape index (κ1) is 18.0. The maximum absolute atomic E-state index is 12.0. The van der Waals surface area contributed by atoms with Crippen LogP contribution in [-0.2, 0) is 14.3 Å². The average Bonchev–Trinajstić information content (AvgIpc) is 2.96. The standard InChI is InChI=1S/C18H30O3S3/c1-11(2)12-8-14-16(3)10-18(22-6-7-23-18)17(14,4)9-13(12)15(16)21-24(5,19)20/h11-15H,6-10H2,1-5H3/t12-,13+,14-,15-,16-,17-/m0/s1. The van der Waals surface area contributed by atoms with Gasteiger partial charge in [0.15, 0.2) is 0 Å². The highest BCUT2D eigenvalue weighted by Gasteiger charge is 2.76. The summed E-state index contributed by atoms with van der Waals surface area (Å²) in [6, 6.07) is 0. The molecule has 4 saturated carbocycles. The Morgan fingerprint density at radius 3 is 2.33 bits per heavy atom. The van der Waals surface area contributed by atoms with Gasteiger partial charge < -0.3 is 0 Å². The van der Waals surface area contributed by atoms with E-state index < -0.39 is 10.1 Å². The molecule has 6 atom stereocenters. The monoisotopic (exact) mass is 390 g/mol. The predicted octanol–water partition coefficient (Wildman–Crippen LogP) is 4.24.